The molecule has 2 N–H and O–H groups in total. The molecule has 0 aliphatic carbocycles. The Morgan fingerprint density at radius 1 is 1.08 bits per heavy atom. The minimum Gasteiger partial charge on any atom is -0.326 e. The number of amides is 1. The molecule has 0 saturated heterocycles. The lowest BCUT2D eigenvalue weighted by atomic mass is 10.2. The van der Waals surface area contributed by atoms with Crippen molar-refractivity contribution < 1.29 is 4.79 Å². The van der Waals surface area contributed by atoms with Crippen molar-refractivity contribution in [1.29, 1.82) is 0 Å². The molecule has 6 nitrogen and oxygen atoms in total. The smallest absolute Gasteiger partial charge is 0.273 e. The molecule has 3 aromatic rings. The molecule has 128 valence electrons. The molecule has 0 aliphatic heterocycles. The van der Waals surface area contributed by atoms with Gasteiger partial charge in [0.2, 0.25) is 5.91 Å². The fraction of sp³-hybridized carbons (Fsp3) is 0.167. The third-order valence-corrected chi connectivity index (χ3v) is 4.56. The van der Waals surface area contributed by atoms with E-state index in [1.165, 1.54) is 4.68 Å². The topological polar surface area (TPSA) is 84.0 Å². The van der Waals surface area contributed by atoms with Crippen LogP contribution in [0.25, 0.3) is 10.8 Å². The Bertz CT molecular complexity index is 1020. The number of nitrogens with one attached hydrogen (secondary N) is 2. The average molecular weight is 355 g/mol. The molecular formula is C18H17N3O3S. The first-order chi connectivity index (χ1) is 12.1. The van der Waals surface area contributed by atoms with Crippen LogP contribution in [0.3, 0.4) is 0 Å². The molecule has 1 amide bonds. The fourth-order valence-corrected chi connectivity index (χ4v) is 2.92. The van der Waals surface area contributed by atoms with E-state index in [-0.39, 0.29) is 30.0 Å². The Labute approximate surface area is 147 Å². The number of rotatable bonds is 5. The minimum atomic E-state index is -0.344. The van der Waals surface area contributed by atoms with E-state index in [9.17, 15) is 14.4 Å². The monoisotopic (exact) mass is 355 g/mol. The maximum atomic E-state index is 12.4. The number of carbonyl (C=O) groups excluding carboxylic acids is 1. The number of aryl methyl sites for hydroxylation is 1. The fourth-order valence-electron chi connectivity index (χ4n) is 2.52. The van der Waals surface area contributed by atoms with E-state index in [0.29, 0.717) is 16.5 Å². The second kappa shape index (κ2) is 7.40. The molecule has 0 radical (unpaired) electrons. The summed E-state index contributed by atoms with van der Waals surface area (Å²) in [6, 6.07) is 14.1. The van der Waals surface area contributed by atoms with Crippen LogP contribution in [0.2, 0.25) is 0 Å². The van der Waals surface area contributed by atoms with Crippen LogP contribution >= 0.6 is 11.8 Å². The summed E-state index contributed by atoms with van der Waals surface area (Å²) >= 11 is 1.62. The average Bonchev–Trinajstić information content (AvgIpc) is 2.64. The summed E-state index contributed by atoms with van der Waals surface area (Å²) in [5, 5.41) is 5.99. The molecule has 3 rings (SSSR count). The Kier molecular flexibility index (Phi) is 5.04. The quantitative estimate of drug-likeness (QED) is 0.689. The number of hydrogen-bond donors (Lipinski definition) is 2. The van der Waals surface area contributed by atoms with Crippen LogP contribution in [0.1, 0.15) is 6.42 Å². The van der Waals surface area contributed by atoms with E-state index in [1.54, 1.807) is 36.0 Å². The van der Waals surface area contributed by atoms with Crippen LogP contribution in [0.4, 0.5) is 5.69 Å². The molecule has 0 saturated carbocycles. The van der Waals surface area contributed by atoms with Gasteiger partial charge >= 0.3 is 0 Å². The van der Waals surface area contributed by atoms with Crippen molar-refractivity contribution in [3.8, 4) is 0 Å². The summed E-state index contributed by atoms with van der Waals surface area (Å²) in [6.45, 7) is 0.105. The summed E-state index contributed by atoms with van der Waals surface area (Å²) in [5.74, 6) is -0.224. The molecule has 2 aromatic carbocycles. The zero-order valence-corrected chi connectivity index (χ0v) is 14.4. The predicted octanol–water partition coefficient (Wildman–Crippen LogP) is 2.44. The largest absolute Gasteiger partial charge is 0.326 e. The summed E-state index contributed by atoms with van der Waals surface area (Å²) in [5.41, 5.74) is 0.0396. The van der Waals surface area contributed by atoms with Gasteiger partial charge in [-0.2, -0.15) is 0 Å². The van der Waals surface area contributed by atoms with Gasteiger partial charge in [0.05, 0.1) is 17.3 Å². The first-order valence-corrected chi connectivity index (χ1v) is 8.97. The van der Waals surface area contributed by atoms with Crippen LogP contribution in [0.15, 0.2) is 63.0 Å². The molecular weight excluding hydrogens is 338 g/mol. The van der Waals surface area contributed by atoms with Crippen molar-refractivity contribution in [3.05, 3.63) is 69.2 Å². The van der Waals surface area contributed by atoms with Crippen LogP contribution in [0.5, 0.6) is 0 Å². The number of hydrogen-bond acceptors (Lipinski definition) is 4. The maximum Gasteiger partial charge on any atom is 0.273 e. The standard InChI is InChI=1S/C18H17N3O3S/c1-25-13-8-6-12(7-9-13)19-16(22)10-11-21-18(24)15-5-3-2-4-14(15)17(23)20-21/h2-9H,10-11H2,1H3,(H,19,22)(H,20,23). The molecule has 0 bridgehead atoms. The molecule has 0 unspecified atom stereocenters. The van der Waals surface area contributed by atoms with Gasteiger partial charge in [-0.1, -0.05) is 12.1 Å². The number of nitrogens with zero attached hydrogens (tertiary/aromatic N) is 1. The van der Waals surface area contributed by atoms with Gasteiger partial charge in [-0.05, 0) is 42.7 Å². The number of thioether (sulfide) groups is 1. The van der Waals surface area contributed by atoms with Crippen LogP contribution in [-0.4, -0.2) is 21.9 Å². The molecule has 0 spiro atoms. The third kappa shape index (κ3) is 3.83. The van der Waals surface area contributed by atoms with Gasteiger partial charge in [0.25, 0.3) is 11.1 Å². The number of carbonyl (C=O) groups is 1. The van der Waals surface area contributed by atoms with E-state index in [4.69, 9.17) is 0 Å². The highest BCUT2D eigenvalue weighted by Crippen LogP contribution is 2.17. The van der Waals surface area contributed by atoms with Crippen molar-refractivity contribution in [2.45, 2.75) is 17.9 Å². The van der Waals surface area contributed by atoms with E-state index >= 15 is 0 Å². The number of fused-ring (bicyclic) bond motifs is 1. The molecule has 0 atom stereocenters. The van der Waals surface area contributed by atoms with Crippen molar-refractivity contribution in [2.24, 2.45) is 0 Å². The molecule has 0 aliphatic rings. The maximum absolute atomic E-state index is 12.4. The number of aromatic amines is 1. The Hall–Kier alpha value is -2.80. The molecule has 1 aromatic heterocycles. The SMILES string of the molecule is CSc1ccc(NC(=O)CCn2[nH]c(=O)c3ccccc3c2=O)cc1. The third-order valence-electron chi connectivity index (χ3n) is 3.82. The van der Waals surface area contributed by atoms with E-state index in [2.05, 4.69) is 10.4 Å². The van der Waals surface area contributed by atoms with Crippen LogP contribution < -0.4 is 16.4 Å². The Morgan fingerprint density at radius 3 is 2.44 bits per heavy atom. The van der Waals surface area contributed by atoms with Crippen molar-refractivity contribution in [3.63, 3.8) is 0 Å². The summed E-state index contributed by atoms with van der Waals surface area (Å²) in [7, 11) is 0. The second-order valence-electron chi connectivity index (χ2n) is 5.47. The van der Waals surface area contributed by atoms with Gasteiger partial charge in [-0.25, -0.2) is 4.68 Å². The molecule has 1 heterocycles. The number of aromatic nitrogens is 2. The Balaban J connectivity index is 1.71. The van der Waals surface area contributed by atoms with Crippen molar-refractivity contribution >= 4 is 34.1 Å². The van der Waals surface area contributed by atoms with Crippen LogP contribution in [0, 0.1) is 0 Å². The van der Waals surface area contributed by atoms with E-state index in [1.807, 2.05) is 30.5 Å². The molecule has 7 heteroatoms. The number of H-pyrrole nitrogens is 1. The summed E-state index contributed by atoms with van der Waals surface area (Å²) < 4.78 is 1.18. The highest BCUT2D eigenvalue weighted by atomic mass is 32.2. The van der Waals surface area contributed by atoms with Crippen LogP contribution in [-0.2, 0) is 11.3 Å². The second-order valence-corrected chi connectivity index (χ2v) is 6.35. The molecule has 25 heavy (non-hydrogen) atoms. The highest BCUT2D eigenvalue weighted by Gasteiger charge is 2.08. The summed E-state index contributed by atoms with van der Waals surface area (Å²) in [6.07, 6.45) is 2.06. The van der Waals surface area contributed by atoms with Gasteiger partial charge in [0.15, 0.2) is 0 Å². The van der Waals surface area contributed by atoms with E-state index in [0.717, 1.165) is 4.90 Å². The van der Waals surface area contributed by atoms with Gasteiger partial charge in [0.1, 0.15) is 0 Å². The lowest BCUT2D eigenvalue weighted by molar-refractivity contribution is -0.116. The predicted molar refractivity (Wildman–Crippen MR) is 100 cm³/mol. The zero-order valence-electron chi connectivity index (χ0n) is 13.6. The van der Waals surface area contributed by atoms with Gasteiger partial charge in [-0.15, -0.1) is 11.8 Å². The van der Waals surface area contributed by atoms with Gasteiger partial charge in [0, 0.05) is 17.0 Å². The van der Waals surface area contributed by atoms with E-state index < -0.39 is 0 Å². The number of benzene rings is 2. The van der Waals surface area contributed by atoms with Gasteiger partial charge in [-0.3, -0.25) is 19.5 Å². The lowest BCUT2D eigenvalue weighted by Gasteiger charge is -2.08. The lowest BCUT2D eigenvalue weighted by Crippen LogP contribution is -2.31. The van der Waals surface area contributed by atoms with Crippen molar-refractivity contribution in [1.82, 2.24) is 9.78 Å². The van der Waals surface area contributed by atoms with Crippen molar-refractivity contribution in [2.75, 3.05) is 11.6 Å². The summed E-state index contributed by atoms with van der Waals surface area (Å²) in [4.78, 5) is 37.6. The zero-order chi connectivity index (χ0) is 17.8. The molecule has 0 fully saturated rings. The Morgan fingerprint density at radius 2 is 1.76 bits per heavy atom. The normalized spacial score (nSPS) is 10.8. The number of anilines is 1. The minimum absolute atomic E-state index is 0.0818. The first kappa shape index (κ1) is 17.0. The first-order valence-electron chi connectivity index (χ1n) is 7.74. The van der Waals surface area contributed by atoms with Gasteiger partial charge < -0.3 is 5.32 Å². The highest BCUT2D eigenvalue weighted by molar-refractivity contribution is 7.98.